The molecule has 0 aliphatic carbocycles. The number of hydrogen-bond donors (Lipinski definition) is 1. The van der Waals surface area contributed by atoms with E-state index in [4.69, 9.17) is 21.1 Å². The molecular weight excluding hydrogens is 366 g/mol. The molecule has 0 radical (unpaired) electrons. The minimum Gasteiger partial charge on any atom is -0.493 e. The van der Waals surface area contributed by atoms with E-state index >= 15 is 0 Å². The highest BCUT2D eigenvalue weighted by molar-refractivity contribution is 6.32. The maximum atomic E-state index is 12.0. The Morgan fingerprint density at radius 1 is 1.41 bits per heavy atom. The van der Waals surface area contributed by atoms with Gasteiger partial charge < -0.3 is 14.8 Å². The van der Waals surface area contributed by atoms with Gasteiger partial charge in [0.2, 0.25) is 5.91 Å². The predicted octanol–water partition coefficient (Wildman–Crippen LogP) is 3.63. The molecule has 6 nitrogen and oxygen atoms in total. The quantitative estimate of drug-likeness (QED) is 0.496. The third-order valence-electron chi connectivity index (χ3n) is 3.83. The first-order valence-electron chi connectivity index (χ1n) is 8.97. The molecular formula is C20H26ClN3O3. The molecule has 27 heavy (non-hydrogen) atoms. The number of hydrogen-bond acceptors (Lipinski definition) is 4. The lowest BCUT2D eigenvalue weighted by Crippen LogP contribution is -2.22. The van der Waals surface area contributed by atoms with E-state index in [1.807, 2.05) is 26.4 Å². The molecule has 1 aromatic heterocycles. The van der Waals surface area contributed by atoms with Gasteiger partial charge in [0.05, 0.1) is 24.9 Å². The van der Waals surface area contributed by atoms with Crippen LogP contribution in [-0.2, 0) is 18.3 Å². The molecule has 7 heteroatoms. The van der Waals surface area contributed by atoms with Crippen LogP contribution in [0.25, 0.3) is 6.08 Å². The molecule has 1 heterocycles. The van der Waals surface area contributed by atoms with E-state index in [2.05, 4.69) is 10.4 Å². The van der Waals surface area contributed by atoms with Crippen LogP contribution >= 0.6 is 11.6 Å². The Morgan fingerprint density at radius 2 is 2.22 bits per heavy atom. The number of methoxy groups -OCH3 is 1. The van der Waals surface area contributed by atoms with E-state index in [-0.39, 0.29) is 5.91 Å². The summed E-state index contributed by atoms with van der Waals surface area (Å²) < 4.78 is 12.7. The molecule has 2 rings (SSSR count). The van der Waals surface area contributed by atoms with Crippen LogP contribution in [-0.4, -0.2) is 35.9 Å². The monoisotopic (exact) mass is 391 g/mol. The van der Waals surface area contributed by atoms with Crippen molar-refractivity contribution in [2.24, 2.45) is 7.05 Å². The fraction of sp³-hybridized carbons (Fsp3) is 0.400. The highest BCUT2D eigenvalue weighted by atomic mass is 35.5. The molecule has 146 valence electrons. The summed E-state index contributed by atoms with van der Waals surface area (Å²) in [4.78, 5) is 12.0. The average Bonchev–Trinajstić information content (AvgIpc) is 3.07. The second-order valence-corrected chi connectivity index (χ2v) is 6.54. The van der Waals surface area contributed by atoms with Crippen molar-refractivity contribution in [2.75, 3.05) is 20.3 Å². The van der Waals surface area contributed by atoms with Crippen molar-refractivity contribution in [2.45, 2.75) is 26.2 Å². The summed E-state index contributed by atoms with van der Waals surface area (Å²) in [5.41, 5.74) is 1.93. The molecule has 0 unspecified atom stereocenters. The van der Waals surface area contributed by atoms with Crippen molar-refractivity contribution in [3.8, 4) is 11.5 Å². The number of benzene rings is 1. The number of halogens is 1. The molecule has 0 fully saturated rings. The maximum absolute atomic E-state index is 12.0. The summed E-state index contributed by atoms with van der Waals surface area (Å²) in [6.07, 6.45) is 9.62. The zero-order valence-electron chi connectivity index (χ0n) is 16.0. The zero-order valence-corrected chi connectivity index (χ0v) is 16.8. The predicted molar refractivity (Wildman–Crippen MR) is 107 cm³/mol. The fourth-order valence-corrected chi connectivity index (χ4v) is 2.79. The lowest BCUT2D eigenvalue weighted by Gasteiger charge is -2.12. The summed E-state index contributed by atoms with van der Waals surface area (Å²) in [5.74, 6) is 0.924. The molecule has 2 aromatic rings. The first-order valence-corrected chi connectivity index (χ1v) is 9.35. The Hall–Kier alpha value is -2.47. The lowest BCUT2D eigenvalue weighted by atomic mass is 10.1. The van der Waals surface area contributed by atoms with Gasteiger partial charge in [-0.05, 0) is 48.6 Å². The van der Waals surface area contributed by atoms with Crippen LogP contribution in [0.5, 0.6) is 11.5 Å². The van der Waals surface area contributed by atoms with E-state index in [9.17, 15) is 4.79 Å². The molecule has 0 saturated carbocycles. The minimum absolute atomic E-state index is 0.150. The topological polar surface area (TPSA) is 65.4 Å². The number of rotatable bonds is 10. The van der Waals surface area contributed by atoms with Crippen molar-refractivity contribution in [1.29, 1.82) is 0 Å². The molecule has 0 bridgehead atoms. The van der Waals surface area contributed by atoms with Crippen LogP contribution in [0, 0.1) is 0 Å². The Morgan fingerprint density at radius 3 is 2.89 bits per heavy atom. The Kier molecular flexibility index (Phi) is 8.20. The van der Waals surface area contributed by atoms with Gasteiger partial charge in [-0.1, -0.05) is 18.5 Å². The Labute approximate surface area is 165 Å². The van der Waals surface area contributed by atoms with Gasteiger partial charge in [-0.3, -0.25) is 9.48 Å². The number of carbonyl (C=O) groups is 1. The third-order valence-corrected chi connectivity index (χ3v) is 4.11. The number of nitrogens with one attached hydrogen (secondary N) is 1. The first kappa shape index (κ1) is 20.8. The van der Waals surface area contributed by atoms with Gasteiger partial charge in [0.25, 0.3) is 0 Å². The standard InChI is InChI=1S/C20H26ClN3O3/c1-4-10-27-20-17(21)11-15(12-18(20)26-3)7-8-19(25)22-9-5-6-16-13-23-24(2)14-16/h7-8,11-14H,4-6,9-10H2,1-3H3,(H,22,25)/b8-7+. The molecule has 1 amide bonds. The Balaban J connectivity index is 1.86. The largest absolute Gasteiger partial charge is 0.493 e. The summed E-state index contributed by atoms with van der Waals surface area (Å²) >= 11 is 6.28. The zero-order chi connectivity index (χ0) is 19.6. The molecule has 0 aliphatic heterocycles. The number of carbonyl (C=O) groups excluding carboxylic acids is 1. The van der Waals surface area contributed by atoms with Gasteiger partial charge in [-0.2, -0.15) is 5.10 Å². The van der Waals surface area contributed by atoms with Crippen LogP contribution in [0.15, 0.2) is 30.6 Å². The van der Waals surface area contributed by atoms with Crippen LogP contribution in [0.1, 0.15) is 30.9 Å². The lowest BCUT2D eigenvalue weighted by molar-refractivity contribution is -0.116. The number of aromatic nitrogens is 2. The van der Waals surface area contributed by atoms with Gasteiger partial charge in [-0.25, -0.2) is 0 Å². The first-order chi connectivity index (χ1) is 13.0. The third kappa shape index (κ3) is 6.64. The highest BCUT2D eigenvalue weighted by Crippen LogP contribution is 2.36. The van der Waals surface area contributed by atoms with E-state index in [0.717, 1.165) is 30.4 Å². The number of aryl methyl sites for hydroxylation is 2. The van der Waals surface area contributed by atoms with E-state index in [1.54, 1.807) is 30.0 Å². The van der Waals surface area contributed by atoms with Crippen molar-refractivity contribution >= 4 is 23.6 Å². The van der Waals surface area contributed by atoms with Crippen molar-refractivity contribution in [3.05, 3.63) is 46.8 Å². The molecule has 0 spiro atoms. The van der Waals surface area contributed by atoms with Gasteiger partial charge in [-0.15, -0.1) is 0 Å². The van der Waals surface area contributed by atoms with Crippen LogP contribution in [0.2, 0.25) is 5.02 Å². The minimum atomic E-state index is -0.150. The van der Waals surface area contributed by atoms with Gasteiger partial charge in [0.15, 0.2) is 11.5 Å². The smallest absolute Gasteiger partial charge is 0.243 e. The number of ether oxygens (including phenoxy) is 2. The maximum Gasteiger partial charge on any atom is 0.243 e. The van der Waals surface area contributed by atoms with Gasteiger partial charge in [0.1, 0.15) is 0 Å². The Bertz CT molecular complexity index is 787. The van der Waals surface area contributed by atoms with E-state index in [1.165, 1.54) is 6.08 Å². The summed E-state index contributed by atoms with van der Waals surface area (Å²) in [5, 5.41) is 7.45. The molecule has 1 N–H and O–H groups in total. The van der Waals surface area contributed by atoms with Crippen LogP contribution in [0.4, 0.5) is 0 Å². The fourth-order valence-electron chi connectivity index (χ4n) is 2.52. The second kappa shape index (κ2) is 10.6. The molecule has 1 aromatic carbocycles. The van der Waals surface area contributed by atoms with E-state index < -0.39 is 0 Å². The van der Waals surface area contributed by atoms with Crippen LogP contribution < -0.4 is 14.8 Å². The average molecular weight is 392 g/mol. The SMILES string of the molecule is CCCOc1c(Cl)cc(/C=C/C(=O)NCCCc2cnn(C)c2)cc1OC. The number of amides is 1. The molecule has 0 saturated heterocycles. The summed E-state index contributed by atoms with van der Waals surface area (Å²) in [6, 6.07) is 3.55. The molecule has 0 aliphatic rings. The summed E-state index contributed by atoms with van der Waals surface area (Å²) in [6.45, 7) is 3.19. The highest BCUT2D eigenvalue weighted by Gasteiger charge is 2.11. The van der Waals surface area contributed by atoms with Crippen LogP contribution in [0.3, 0.4) is 0 Å². The van der Waals surface area contributed by atoms with Crippen molar-refractivity contribution < 1.29 is 14.3 Å². The second-order valence-electron chi connectivity index (χ2n) is 6.13. The van der Waals surface area contributed by atoms with Crippen molar-refractivity contribution in [3.63, 3.8) is 0 Å². The normalized spacial score (nSPS) is 11.0. The summed E-state index contributed by atoms with van der Waals surface area (Å²) in [7, 11) is 3.45. The van der Waals surface area contributed by atoms with Crippen molar-refractivity contribution in [1.82, 2.24) is 15.1 Å². The van der Waals surface area contributed by atoms with Gasteiger partial charge >= 0.3 is 0 Å². The molecule has 0 atom stereocenters. The number of nitrogens with zero attached hydrogens (tertiary/aromatic N) is 2. The van der Waals surface area contributed by atoms with Gasteiger partial charge in [0, 0.05) is 25.9 Å². The van der Waals surface area contributed by atoms with E-state index in [0.29, 0.717) is 29.7 Å².